The molecule has 150 valence electrons. The molecular formula is C22H18N4NaO3S+. The number of aromatic amines is 1. The number of benzene rings is 2. The maximum absolute atomic E-state index is 13.2. The Balaban J connectivity index is 0.00000231. The number of ether oxygens (including phenoxy) is 1. The molecule has 31 heavy (non-hydrogen) atoms. The molecule has 0 saturated heterocycles. The summed E-state index contributed by atoms with van der Waals surface area (Å²) in [6.07, 6.45) is 0. The molecular weight excluding hydrogens is 423 g/mol. The zero-order valence-electron chi connectivity index (χ0n) is 17.4. The van der Waals surface area contributed by atoms with Gasteiger partial charge in [-0.25, -0.2) is 4.98 Å². The molecule has 0 aliphatic rings. The standard InChI is InChI=1S/C22H18N4O3S.Na/c1-13-20-17(11-19(27)25(13)12-14-6-5-7-15(10-14)29-2)24-26(21(20)28)22-23-16-8-3-4-9-18(16)30-22;/h3-11,24H,12H2,1-2H3;/q;+1. The molecule has 5 aromatic rings. The van der Waals surface area contributed by atoms with Crippen LogP contribution in [0.2, 0.25) is 0 Å². The van der Waals surface area contributed by atoms with E-state index in [1.165, 1.54) is 22.1 Å². The molecule has 5 rings (SSSR count). The van der Waals surface area contributed by atoms with Crippen molar-refractivity contribution in [2.24, 2.45) is 0 Å². The van der Waals surface area contributed by atoms with E-state index in [0.717, 1.165) is 21.5 Å². The molecule has 0 atom stereocenters. The summed E-state index contributed by atoms with van der Waals surface area (Å²) in [5.74, 6) is 0.721. The molecule has 9 heteroatoms. The van der Waals surface area contributed by atoms with Gasteiger partial charge in [0.15, 0.2) is 0 Å². The minimum Gasteiger partial charge on any atom is -0.497 e. The van der Waals surface area contributed by atoms with Gasteiger partial charge in [-0.1, -0.05) is 35.6 Å². The Kier molecular flexibility index (Phi) is 5.90. The Hall–Kier alpha value is -2.65. The first-order chi connectivity index (χ1) is 14.5. The minimum absolute atomic E-state index is 0. The number of aromatic nitrogens is 4. The number of methoxy groups -OCH3 is 1. The third kappa shape index (κ3) is 3.76. The Bertz CT molecular complexity index is 1500. The molecule has 3 aromatic heterocycles. The molecule has 0 fully saturated rings. The van der Waals surface area contributed by atoms with Crippen LogP contribution in [0.25, 0.3) is 26.3 Å². The molecule has 2 aromatic carbocycles. The summed E-state index contributed by atoms with van der Waals surface area (Å²) in [5, 5.41) is 4.08. The van der Waals surface area contributed by atoms with Gasteiger partial charge >= 0.3 is 29.6 Å². The first-order valence-electron chi connectivity index (χ1n) is 9.39. The maximum Gasteiger partial charge on any atom is 1.00 e. The molecule has 0 spiro atoms. The Labute approximate surface area is 203 Å². The predicted octanol–water partition coefficient (Wildman–Crippen LogP) is 0.460. The van der Waals surface area contributed by atoms with Crippen LogP contribution in [0.1, 0.15) is 11.3 Å². The number of hydrogen-bond acceptors (Lipinski definition) is 5. The van der Waals surface area contributed by atoms with Crippen LogP contribution in [0, 0.1) is 6.92 Å². The average Bonchev–Trinajstić information content (AvgIpc) is 3.32. The van der Waals surface area contributed by atoms with Gasteiger partial charge in [0.1, 0.15) is 5.75 Å². The fraction of sp³-hybridized carbons (Fsp3) is 0.136. The number of fused-ring (bicyclic) bond motifs is 2. The monoisotopic (exact) mass is 441 g/mol. The molecule has 0 aliphatic carbocycles. The van der Waals surface area contributed by atoms with E-state index in [2.05, 4.69) is 10.1 Å². The third-order valence-corrected chi connectivity index (χ3v) is 6.19. The molecule has 1 N–H and O–H groups in total. The zero-order chi connectivity index (χ0) is 20.8. The second-order valence-electron chi connectivity index (χ2n) is 7.01. The number of nitrogens with one attached hydrogen (secondary N) is 1. The predicted molar refractivity (Wildman–Crippen MR) is 118 cm³/mol. The molecule has 0 bridgehead atoms. The van der Waals surface area contributed by atoms with E-state index in [9.17, 15) is 9.59 Å². The van der Waals surface area contributed by atoms with Gasteiger partial charge in [-0.05, 0) is 36.8 Å². The number of hydrogen-bond donors (Lipinski definition) is 1. The second kappa shape index (κ2) is 8.47. The van der Waals surface area contributed by atoms with Crippen LogP contribution < -0.4 is 45.4 Å². The van der Waals surface area contributed by atoms with Crippen molar-refractivity contribution in [3.8, 4) is 10.9 Å². The molecule has 0 radical (unpaired) electrons. The van der Waals surface area contributed by atoms with E-state index in [4.69, 9.17) is 4.74 Å². The summed E-state index contributed by atoms with van der Waals surface area (Å²) in [6, 6.07) is 16.7. The number of nitrogens with zero attached hydrogens (tertiary/aromatic N) is 3. The smallest absolute Gasteiger partial charge is 0.497 e. The van der Waals surface area contributed by atoms with Crippen molar-refractivity contribution < 1.29 is 34.3 Å². The summed E-state index contributed by atoms with van der Waals surface area (Å²) >= 11 is 1.42. The van der Waals surface area contributed by atoms with Crippen molar-refractivity contribution >= 4 is 32.5 Å². The maximum atomic E-state index is 13.2. The minimum atomic E-state index is -0.221. The van der Waals surface area contributed by atoms with Gasteiger partial charge in [0, 0.05) is 11.8 Å². The van der Waals surface area contributed by atoms with Crippen LogP contribution in [0.3, 0.4) is 0 Å². The fourth-order valence-corrected chi connectivity index (χ4v) is 4.58. The number of aryl methyl sites for hydroxylation is 1. The SMILES string of the molecule is COc1cccc(Cn2c(C)c3c(=O)n(-c4nc5ccccc5s4)[nH]c3cc2=O)c1.[Na+]. The second-order valence-corrected chi connectivity index (χ2v) is 8.02. The van der Waals surface area contributed by atoms with Crippen LogP contribution >= 0.6 is 11.3 Å². The van der Waals surface area contributed by atoms with E-state index in [1.807, 2.05) is 48.5 Å². The summed E-state index contributed by atoms with van der Waals surface area (Å²) < 4.78 is 9.28. The van der Waals surface area contributed by atoms with E-state index in [-0.39, 0.29) is 40.7 Å². The van der Waals surface area contributed by atoms with E-state index in [0.29, 0.717) is 28.3 Å². The van der Waals surface area contributed by atoms with Crippen LogP contribution in [0.5, 0.6) is 5.75 Å². The van der Waals surface area contributed by atoms with Crippen molar-refractivity contribution in [2.45, 2.75) is 13.5 Å². The first-order valence-corrected chi connectivity index (χ1v) is 10.2. The summed E-state index contributed by atoms with van der Waals surface area (Å²) in [6.45, 7) is 2.14. The summed E-state index contributed by atoms with van der Waals surface area (Å²) in [7, 11) is 1.60. The van der Waals surface area contributed by atoms with Crippen molar-refractivity contribution in [3.63, 3.8) is 0 Å². The number of para-hydroxylation sites is 1. The van der Waals surface area contributed by atoms with Gasteiger partial charge < -0.3 is 9.30 Å². The Morgan fingerprint density at radius 2 is 1.90 bits per heavy atom. The van der Waals surface area contributed by atoms with Gasteiger partial charge in [-0.3, -0.25) is 14.7 Å². The van der Waals surface area contributed by atoms with Gasteiger partial charge in [0.05, 0.1) is 34.8 Å². The zero-order valence-corrected chi connectivity index (χ0v) is 20.2. The number of rotatable bonds is 4. The van der Waals surface area contributed by atoms with Crippen LogP contribution in [-0.4, -0.2) is 26.4 Å². The number of H-pyrrole nitrogens is 1. The molecule has 0 unspecified atom stereocenters. The van der Waals surface area contributed by atoms with Crippen molar-refractivity contribution in [2.75, 3.05) is 7.11 Å². The fourth-order valence-electron chi connectivity index (χ4n) is 3.65. The van der Waals surface area contributed by atoms with Gasteiger partial charge in [0.2, 0.25) is 5.13 Å². The molecule has 0 aliphatic heterocycles. The normalized spacial score (nSPS) is 11.0. The van der Waals surface area contributed by atoms with E-state index < -0.39 is 0 Å². The van der Waals surface area contributed by atoms with Gasteiger partial charge in [-0.2, -0.15) is 4.68 Å². The molecule has 7 nitrogen and oxygen atoms in total. The van der Waals surface area contributed by atoms with Gasteiger partial charge in [0.25, 0.3) is 11.1 Å². The molecule has 0 saturated carbocycles. The molecule has 3 heterocycles. The van der Waals surface area contributed by atoms with Crippen LogP contribution in [-0.2, 0) is 6.54 Å². The average molecular weight is 441 g/mol. The topological polar surface area (TPSA) is 81.9 Å². The van der Waals surface area contributed by atoms with Crippen LogP contribution in [0.15, 0.2) is 64.2 Å². The molecule has 0 amide bonds. The first kappa shape index (κ1) is 21.6. The largest absolute Gasteiger partial charge is 1.00 e. The number of pyridine rings is 1. The van der Waals surface area contributed by atoms with Crippen molar-refractivity contribution in [1.29, 1.82) is 0 Å². The van der Waals surface area contributed by atoms with E-state index in [1.54, 1.807) is 18.6 Å². The number of thiazole rings is 1. The summed E-state index contributed by atoms with van der Waals surface area (Å²) in [5.41, 5.74) is 2.46. The van der Waals surface area contributed by atoms with Gasteiger partial charge in [-0.15, -0.1) is 0 Å². The quantitative estimate of drug-likeness (QED) is 0.411. The van der Waals surface area contributed by atoms with Crippen molar-refractivity contribution in [1.82, 2.24) is 19.3 Å². The van der Waals surface area contributed by atoms with Crippen LogP contribution in [0.4, 0.5) is 0 Å². The van der Waals surface area contributed by atoms with E-state index >= 15 is 0 Å². The summed E-state index contributed by atoms with van der Waals surface area (Å²) in [4.78, 5) is 30.6. The van der Waals surface area contributed by atoms with Crippen molar-refractivity contribution in [3.05, 3.63) is 86.6 Å². The Morgan fingerprint density at radius 3 is 2.68 bits per heavy atom. The Morgan fingerprint density at radius 1 is 1.10 bits per heavy atom. The third-order valence-electron chi connectivity index (χ3n) is 5.17.